The smallest absolute Gasteiger partial charge is 0.312 e. The number of nitrogens with one attached hydrogen (secondary N) is 1. The lowest BCUT2D eigenvalue weighted by atomic mass is 9.93. The van der Waals surface area contributed by atoms with Crippen LogP contribution in [0, 0.1) is 5.92 Å². The van der Waals surface area contributed by atoms with Crippen LogP contribution >= 0.6 is 0 Å². The molecule has 5 aromatic rings. The molecule has 1 fully saturated rings. The number of hydrogen-bond donors (Lipinski definition) is 2. The van der Waals surface area contributed by atoms with E-state index in [1.165, 1.54) is 0 Å². The van der Waals surface area contributed by atoms with Gasteiger partial charge in [-0.2, -0.15) is 0 Å². The van der Waals surface area contributed by atoms with Crippen molar-refractivity contribution in [3.05, 3.63) is 138 Å². The number of carbonyl (C=O) groups is 2. The summed E-state index contributed by atoms with van der Waals surface area (Å²) in [7, 11) is 0. The molecule has 1 aliphatic rings. The molecule has 2 N–H and O–H groups in total. The van der Waals surface area contributed by atoms with Gasteiger partial charge in [-0.3, -0.25) is 19.4 Å². The van der Waals surface area contributed by atoms with E-state index >= 15 is 0 Å². The van der Waals surface area contributed by atoms with Crippen LogP contribution in [0.4, 0.5) is 0 Å². The molecule has 1 aliphatic heterocycles. The highest BCUT2D eigenvalue weighted by Gasteiger charge is 2.29. The fourth-order valence-corrected chi connectivity index (χ4v) is 6.63. The van der Waals surface area contributed by atoms with Gasteiger partial charge in [0.2, 0.25) is 0 Å². The Morgan fingerprint density at radius 2 is 1.30 bits per heavy atom. The molecule has 2 heterocycles. The number of para-hydroxylation sites is 1. The zero-order valence-electron chi connectivity index (χ0n) is 27.0. The van der Waals surface area contributed by atoms with Crippen molar-refractivity contribution in [3.63, 3.8) is 0 Å². The van der Waals surface area contributed by atoms with E-state index in [1.54, 1.807) is 0 Å². The number of piperazine rings is 1. The predicted molar refractivity (Wildman–Crippen MR) is 187 cm³/mol. The van der Waals surface area contributed by atoms with Gasteiger partial charge in [-0.15, -0.1) is 0 Å². The maximum atomic E-state index is 14.5. The second-order valence-electron chi connectivity index (χ2n) is 12.7. The molecule has 7 nitrogen and oxygen atoms in total. The van der Waals surface area contributed by atoms with Crippen molar-refractivity contribution in [2.45, 2.75) is 32.4 Å². The van der Waals surface area contributed by atoms with Crippen LogP contribution in [-0.4, -0.2) is 64.5 Å². The molecule has 240 valence electrons. The van der Waals surface area contributed by atoms with Crippen molar-refractivity contribution in [2.75, 3.05) is 32.7 Å². The Morgan fingerprint density at radius 1 is 0.745 bits per heavy atom. The third-order valence-electron chi connectivity index (χ3n) is 9.17. The number of carboxylic acid groups (broad SMARTS) is 1. The van der Waals surface area contributed by atoms with Crippen LogP contribution in [0.1, 0.15) is 52.9 Å². The highest BCUT2D eigenvalue weighted by molar-refractivity contribution is 6.09. The first-order chi connectivity index (χ1) is 22.9. The molecule has 2 atom stereocenters. The van der Waals surface area contributed by atoms with E-state index in [0.717, 1.165) is 65.0 Å². The van der Waals surface area contributed by atoms with Gasteiger partial charge in [0, 0.05) is 55.8 Å². The molecule has 1 aromatic heterocycles. The molecule has 7 heteroatoms. The zero-order chi connectivity index (χ0) is 32.8. The largest absolute Gasteiger partial charge is 0.481 e. The third-order valence-corrected chi connectivity index (χ3v) is 9.17. The summed E-state index contributed by atoms with van der Waals surface area (Å²) in [6.07, 6.45) is 0. The Kier molecular flexibility index (Phi) is 10.0. The number of pyridine rings is 1. The fourth-order valence-electron chi connectivity index (χ4n) is 6.63. The van der Waals surface area contributed by atoms with Crippen LogP contribution in [0.5, 0.6) is 0 Å². The number of rotatable bonds is 11. The lowest BCUT2D eigenvalue weighted by molar-refractivity contribution is -0.139. The molecule has 0 spiro atoms. The summed E-state index contributed by atoms with van der Waals surface area (Å²) in [6.45, 7) is 8.26. The first kappa shape index (κ1) is 32.1. The summed E-state index contributed by atoms with van der Waals surface area (Å²) in [6, 6.07) is 37.5. The summed E-state index contributed by atoms with van der Waals surface area (Å²) in [5.41, 5.74) is 6.03. The number of hydrogen-bond acceptors (Lipinski definition) is 5. The first-order valence-corrected chi connectivity index (χ1v) is 16.4. The maximum Gasteiger partial charge on any atom is 0.312 e. The van der Waals surface area contributed by atoms with Crippen molar-refractivity contribution in [1.82, 2.24) is 20.1 Å². The van der Waals surface area contributed by atoms with Crippen LogP contribution < -0.4 is 5.32 Å². The highest BCUT2D eigenvalue weighted by atomic mass is 16.4. The molecule has 47 heavy (non-hydrogen) atoms. The molecule has 0 radical (unpaired) electrons. The van der Waals surface area contributed by atoms with E-state index in [1.807, 2.05) is 91.0 Å². The summed E-state index contributed by atoms with van der Waals surface area (Å²) >= 11 is 0. The predicted octanol–water partition coefficient (Wildman–Crippen LogP) is 7.01. The molecule has 0 saturated carbocycles. The van der Waals surface area contributed by atoms with Crippen LogP contribution in [0.15, 0.2) is 115 Å². The minimum absolute atomic E-state index is 0.107. The Bertz CT molecular complexity index is 1800. The number of carbonyl (C=O) groups excluding carboxylic acids is 1. The quantitative estimate of drug-likeness (QED) is 0.164. The lowest BCUT2D eigenvalue weighted by Gasteiger charge is -2.36. The van der Waals surface area contributed by atoms with E-state index in [9.17, 15) is 14.7 Å². The molecule has 1 saturated heterocycles. The number of aromatic nitrogens is 1. The van der Waals surface area contributed by atoms with Crippen molar-refractivity contribution < 1.29 is 14.7 Å². The monoisotopic (exact) mass is 626 g/mol. The first-order valence-electron chi connectivity index (χ1n) is 16.4. The zero-order valence-corrected chi connectivity index (χ0v) is 27.0. The van der Waals surface area contributed by atoms with Crippen molar-refractivity contribution in [3.8, 4) is 11.3 Å². The van der Waals surface area contributed by atoms with E-state index in [0.29, 0.717) is 18.7 Å². The Labute approximate surface area is 276 Å². The fraction of sp³-hybridized carbons (Fsp3) is 0.275. The van der Waals surface area contributed by atoms with E-state index in [-0.39, 0.29) is 17.9 Å². The number of carboxylic acids is 1. The minimum Gasteiger partial charge on any atom is -0.481 e. The third kappa shape index (κ3) is 7.43. The van der Waals surface area contributed by atoms with Gasteiger partial charge in [-0.05, 0) is 23.1 Å². The summed E-state index contributed by atoms with van der Waals surface area (Å²) in [4.78, 5) is 36.5. The summed E-state index contributed by atoms with van der Waals surface area (Å²) < 4.78 is 0. The average molecular weight is 627 g/mol. The van der Waals surface area contributed by atoms with E-state index in [4.69, 9.17) is 4.98 Å². The van der Waals surface area contributed by atoms with Crippen LogP contribution in [-0.2, 0) is 11.3 Å². The van der Waals surface area contributed by atoms with Gasteiger partial charge < -0.3 is 10.4 Å². The van der Waals surface area contributed by atoms with Gasteiger partial charge in [-0.1, -0.05) is 123 Å². The second-order valence-corrected chi connectivity index (χ2v) is 12.7. The SMILES string of the molecule is CC(C)C(NC(=O)c1c(CN2CCN(CC(C(=O)O)c3ccccc3)CC2)c(-c2ccccc2)nc2ccccc12)c1ccccc1. The van der Waals surface area contributed by atoms with E-state index < -0.39 is 11.9 Å². The lowest BCUT2D eigenvalue weighted by Crippen LogP contribution is -2.48. The molecule has 1 amide bonds. The van der Waals surface area contributed by atoms with Crippen LogP contribution in [0.25, 0.3) is 22.2 Å². The van der Waals surface area contributed by atoms with Gasteiger partial charge in [0.25, 0.3) is 5.91 Å². The number of amides is 1. The second kappa shape index (κ2) is 14.7. The highest BCUT2D eigenvalue weighted by Crippen LogP contribution is 2.33. The van der Waals surface area contributed by atoms with Crippen LogP contribution in [0.2, 0.25) is 0 Å². The average Bonchev–Trinajstić information content (AvgIpc) is 3.10. The number of benzene rings is 4. The van der Waals surface area contributed by atoms with Gasteiger partial charge in [0.15, 0.2) is 0 Å². The topological polar surface area (TPSA) is 85.8 Å². The number of aliphatic carboxylic acids is 1. The Balaban J connectivity index is 1.32. The van der Waals surface area contributed by atoms with Gasteiger partial charge in [0.05, 0.1) is 28.7 Å². The number of nitrogens with zero attached hydrogens (tertiary/aromatic N) is 3. The van der Waals surface area contributed by atoms with Crippen LogP contribution in [0.3, 0.4) is 0 Å². The van der Waals surface area contributed by atoms with Crippen molar-refractivity contribution >= 4 is 22.8 Å². The van der Waals surface area contributed by atoms with Gasteiger partial charge >= 0.3 is 5.97 Å². The normalized spacial score (nSPS) is 15.4. The van der Waals surface area contributed by atoms with Gasteiger partial charge in [-0.25, -0.2) is 4.98 Å². The minimum atomic E-state index is -0.806. The Hall–Kier alpha value is -4.85. The maximum absolute atomic E-state index is 14.5. The standard InChI is InChI=1S/C40H42N4O3/c1-28(2)37(30-16-8-4-9-17-30)42-39(45)36-32-20-12-13-21-35(32)41-38(31-18-10-5-11-19-31)34(36)27-44-24-22-43(23-25-44)26-33(40(46)47)29-14-6-3-7-15-29/h3-21,28,33,37H,22-27H2,1-2H3,(H,42,45)(H,46,47). The van der Waals surface area contributed by atoms with E-state index in [2.05, 4.69) is 53.2 Å². The summed E-state index contributed by atoms with van der Waals surface area (Å²) in [5, 5.41) is 14.2. The molecule has 0 bridgehead atoms. The molecule has 6 rings (SSSR count). The number of fused-ring (bicyclic) bond motifs is 1. The van der Waals surface area contributed by atoms with Gasteiger partial charge in [0.1, 0.15) is 0 Å². The van der Waals surface area contributed by atoms with Crippen molar-refractivity contribution in [1.29, 1.82) is 0 Å². The molecule has 0 aliphatic carbocycles. The van der Waals surface area contributed by atoms with Crippen molar-refractivity contribution in [2.24, 2.45) is 5.92 Å². The Morgan fingerprint density at radius 3 is 1.91 bits per heavy atom. The molecule has 2 unspecified atom stereocenters. The molecule has 4 aromatic carbocycles. The summed E-state index contributed by atoms with van der Waals surface area (Å²) in [5.74, 6) is -1.31. The molecular weight excluding hydrogens is 584 g/mol. The molecular formula is C40H42N4O3.